The molecule has 3 aromatic carbocycles. The predicted octanol–water partition coefficient (Wildman–Crippen LogP) is 13.1. The maximum atomic E-state index is 14.6. The lowest BCUT2D eigenvalue weighted by atomic mass is 9.56. The molecule has 730 valence electrons. The summed E-state index contributed by atoms with van der Waals surface area (Å²) in [4.78, 5) is 175. The molecule has 40 heteroatoms. The summed E-state index contributed by atoms with van der Waals surface area (Å²) in [5.74, 6) is -6.73. The summed E-state index contributed by atoms with van der Waals surface area (Å²) in [7, 11) is 4.75. The number of rotatable bonds is 29. The van der Waals surface area contributed by atoms with Crippen LogP contribution in [-0.2, 0) is 71.6 Å². The maximum Gasteiger partial charge on any atom is 0.325 e. The number of ketones is 3. The van der Waals surface area contributed by atoms with Gasteiger partial charge < -0.3 is 92.7 Å². The number of oxazole rings is 3. The molecule has 3 saturated heterocycles. The predicted molar refractivity (Wildman–Crippen MR) is 497 cm³/mol. The number of nitrogens with one attached hydrogen (secondary N) is 2. The third-order valence-electron chi connectivity index (χ3n) is 26.5. The molecular formula is C97H111N9O28S3. The molecule has 137 heavy (non-hydrogen) atoms. The number of methoxy groups -OCH3 is 3. The van der Waals surface area contributed by atoms with Crippen LogP contribution in [0.15, 0.2) is 123 Å². The van der Waals surface area contributed by atoms with Gasteiger partial charge >= 0.3 is 23.9 Å². The molecule has 6 aromatic heterocycles. The summed E-state index contributed by atoms with van der Waals surface area (Å²) in [5, 5.41) is 42.4. The topological polar surface area (TPSA) is 507 Å². The standard InChI is InChI=1S/2C32H35N3O9S.C29H30N2O8S.C3H7NO2.CH4/c2*1-17-24-26(36)32(14-19(15-32)27(37)34-18(2)30(38)39)31(40)35(29(24)45-25(17)28-33-10-13-43-28)16-23(44-20-8-11-42-12-9-20)21-6-4-5-7-22(21)41-3;1-16-22-24(32)29(13-17(14-29)27(33)34)28(35)31(26(22)40-23(16)25-30-9-12-38-25)15-21(39-18-7-10-37-11-8-18)19-5-3-4-6-20(19)36-2;1-2(4)3(5)6;/h2*4-7,10,13,18-20,23H,8-9,11-12,14-16H2,1-3H3,(H,34,37)(H,38,39);3-6,9,12,17-18,21H,7-8,10-11,13-15H2,1-2H3,(H,33,34);2H,4H2,1H3,(H,5,6);1H4/t2*18-,19?,23-,32?;17?,21-,29?;2-;/m0000./s1. The monoisotopic (exact) mass is 1950 g/mol. The number of Topliss-reactive ketones (excluding diaryl/α,β-unsaturated/α-hetero) is 3. The highest BCUT2D eigenvalue weighted by molar-refractivity contribution is 7.21. The van der Waals surface area contributed by atoms with Crippen molar-refractivity contribution >= 4 is 120 Å². The van der Waals surface area contributed by atoms with Gasteiger partial charge in [0.25, 0.3) is 0 Å². The Bertz CT molecular complexity index is 5690. The first-order valence-electron chi connectivity index (χ1n) is 44.8. The number of ether oxygens (including phenoxy) is 9. The van der Waals surface area contributed by atoms with E-state index in [1.54, 1.807) is 36.0 Å². The molecule has 6 aliphatic heterocycles. The number of carbonyl (C=O) groups is 12. The summed E-state index contributed by atoms with van der Waals surface area (Å²) < 4.78 is 70.4. The molecule has 3 saturated carbocycles. The van der Waals surface area contributed by atoms with Crippen LogP contribution in [0.5, 0.6) is 17.2 Å². The van der Waals surface area contributed by atoms with Crippen molar-refractivity contribution in [2.45, 2.75) is 181 Å². The highest BCUT2D eigenvalue weighted by atomic mass is 32.1. The molecule has 3 spiro atoms. The molecule has 3 aliphatic carbocycles. The number of nitrogens with zero attached hydrogens (tertiary/aromatic N) is 6. The van der Waals surface area contributed by atoms with Crippen molar-refractivity contribution in [3.05, 3.63) is 160 Å². The number of hydrogen-bond donors (Lipinski definition) is 7. The lowest BCUT2D eigenvalue weighted by Crippen LogP contribution is -2.62. The first-order chi connectivity index (χ1) is 65.3. The highest BCUT2D eigenvalue weighted by Crippen LogP contribution is 2.61. The van der Waals surface area contributed by atoms with Gasteiger partial charge in [-0.1, -0.05) is 62.0 Å². The number of aromatic nitrogens is 3. The van der Waals surface area contributed by atoms with Gasteiger partial charge in [-0.3, -0.25) is 72.2 Å². The van der Waals surface area contributed by atoms with Crippen molar-refractivity contribution in [1.29, 1.82) is 0 Å². The van der Waals surface area contributed by atoms with Crippen LogP contribution >= 0.6 is 34.0 Å². The van der Waals surface area contributed by atoms with Gasteiger partial charge in [0.05, 0.1) is 115 Å². The van der Waals surface area contributed by atoms with Crippen LogP contribution in [-0.4, -0.2) is 223 Å². The number of thiophene rings is 3. The Labute approximate surface area is 800 Å². The minimum absolute atomic E-state index is 0. The van der Waals surface area contributed by atoms with Gasteiger partial charge in [0.15, 0.2) is 17.3 Å². The number of amides is 5. The Morgan fingerprint density at radius 3 is 0.934 bits per heavy atom. The van der Waals surface area contributed by atoms with Crippen molar-refractivity contribution in [1.82, 2.24) is 25.6 Å². The van der Waals surface area contributed by atoms with E-state index in [1.165, 1.54) is 92.2 Å². The van der Waals surface area contributed by atoms with Gasteiger partial charge in [0.2, 0.25) is 47.2 Å². The molecule has 6 atom stereocenters. The van der Waals surface area contributed by atoms with E-state index in [4.69, 9.17) is 66.7 Å². The molecule has 0 radical (unpaired) electrons. The van der Waals surface area contributed by atoms with E-state index in [1.807, 2.05) is 93.6 Å². The number of nitrogens with two attached hydrogens (primary N) is 1. The van der Waals surface area contributed by atoms with E-state index < -0.39 is 124 Å². The smallest absolute Gasteiger partial charge is 0.325 e. The van der Waals surface area contributed by atoms with Gasteiger partial charge in [-0.05, 0) is 153 Å². The van der Waals surface area contributed by atoms with Crippen molar-refractivity contribution in [2.75, 3.05) is 95.3 Å². The minimum Gasteiger partial charge on any atom is -0.496 e. The van der Waals surface area contributed by atoms with Crippen molar-refractivity contribution < 1.29 is 134 Å². The molecule has 12 heterocycles. The first kappa shape index (κ1) is 101. The molecule has 5 amide bonds. The van der Waals surface area contributed by atoms with Crippen molar-refractivity contribution in [3.8, 4) is 49.6 Å². The third-order valence-corrected chi connectivity index (χ3v) is 30.4. The summed E-state index contributed by atoms with van der Waals surface area (Å²) in [6.45, 7) is 13.4. The van der Waals surface area contributed by atoms with E-state index in [2.05, 4.69) is 25.6 Å². The van der Waals surface area contributed by atoms with Crippen LogP contribution in [0.2, 0.25) is 0 Å². The second-order valence-corrected chi connectivity index (χ2v) is 38.2. The summed E-state index contributed by atoms with van der Waals surface area (Å²) in [6.07, 6.45) is 11.0. The fourth-order valence-corrected chi connectivity index (χ4v) is 22.6. The zero-order chi connectivity index (χ0) is 96.9. The molecule has 0 unspecified atom stereocenters. The Morgan fingerprint density at radius 1 is 0.438 bits per heavy atom. The number of para-hydroxylation sites is 3. The molecule has 37 nitrogen and oxygen atoms in total. The zero-order valence-electron chi connectivity index (χ0n) is 76.2. The number of benzene rings is 3. The Balaban J connectivity index is 0.000000159. The summed E-state index contributed by atoms with van der Waals surface area (Å²) in [5.41, 5.74) is 5.98. The summed E-state index contributed by atoms with van der Waals surface area (Å²) in [6, 6.07) is 19.6. The fraction of sp³-hybridized carbons (Fsp3) is 0.474. The normalized spacial score (nSPS) is 22.6. The van der Waals surface area contributed by atoms with Crippen LogP contribution in [0.1, 0.15) is 188 Å². The average Bonchev–Trinajstić information content (AvgIpc) is 1.68. The Morgan fingerprint density at radius 2 is 0.701 bits per heavy atom. The second-order valence-electron chi connectivity index (χ2n) is 35.2. The SMILES string of the molecule is C.COc1ccccc1[C@H](CN1C(=O)C2(CC(C(=O)N[C@@H](C)C(=O)O)C2)C(=O)c2c1sc(-c1ncco1)c2C)OC1CCOCC1.COc1ccccc1[C@H](CN1C(=O)C2(CC(C(=O)N[C@@H](C)C(=O)O)C2)C(=O)c2c1sc(-c1ncco1)c2C)OC1CCOCC1.COc1ccccc1[C@H](CN1C(=O)C2(CC(C(=O)O)C2)C(=O)c2c1sc(-c1ncco1)c2C)OC1CCOCC1.C[C@H](N)C(=O)O. The Hall–Kier alpha value is -12.3. The third kappa shape index (κ3) is 20.1. The van der Waals surface area contributed by atoms with Gasteiger partial charge in [-0.25, -0.2) is 15.0 Å². The van der Waals surface area contributed by atoms with E-state index in [0.717, 1.165) is 29.5 Å². The number of hydrogen-bond acceptors (Lipinski definition) is 31. The van der Waals surface area contributed by atoms with Crippen molar-refractivity contribution in [3.63, 3.8) is 0 Å². The number of fused-ring (bicyclic) bond motifs is 3. The molecule has 8 N–H and O–H groups in total. The number of aliphatic carboxylic acids is 4. The molecule has 9 aliphatic rings. The maximum absolute atomic E-state index is 14.6. The van der Waals surface area contributed by atoms with Gasteiger partial charge in [-0.2, -0.15) is 0 Å². The Kier molecular flexibility index (Phi) is 31.4. The van der Waals surface area contributed by atoms with E-state index in [9.17, 15) is 72.9 Å². The van der Waals surface area contributed by atoms with E-state index in [0.29, 0.717) is 163 Å². The molecule has 9 aromatic rings. The highest BCUT2D eigenvalue weighted by Gasteiger charge is 2.66. The van der Waals surface area contributed by atoms with Crippen LogP contribution in [0.3, 0.4) is 0 Å². The lowest BCUT2D eigenvalue weighted by Gasteiger charge is -2.49. The number of carboxylic acid groups (broad SMARTS) is 4. The molecular weight excluding hydrogens is 1840 g/mol. The van der Waals surface area contributed by atoms with Crippen LogP contribution in [0, 0.1) is 54.8 Å². The molecule has 0 bridgehead atoms. The van der Waals surface area contributed by atoms with E-state index >= 15 is 0 Å². The van der Waals surface area contributed by atoms with Gasteiger partial charge in [0.1, 0.15) is 104 Å². The summed E-state index contributed by atoms with van der Waals surface area (Å²) >= 11 is 3.79. The van der Waals surface area contributed by atoms with Crippen LogP contribution < -0.4 is 45.3 Å². The largest absolute Gasteiger partial charge is 0.496 e. The average molecular weight is 1950 g/mol. The zero-order valence-corrected chi connectivity index (χ0v) is 78.7. The quantitative estimate of drug-likeness (QED) is 0.0214. The number of carboxylic acids is 4. The van der Waals surface area contributed by atoms with Crippen LogP contribution in [0.25, 0.3) is 32.3 Å². The first-order valence-corrected chi connectivity index (χ1v) is 47.3. The number of carbonyl (C=O) groups excluding carboxylic acids is 8. The second kappa shape index (κ2) is 42.8. The van der Waals surface area contributed by atoms with Crippen LogP contribution in [0.4, 0.5) is 15.0 Å². The van der Waals surface area contributed by atoms with Gasteiger partial charge in [-0.15, -0.1) is 34.0 Å². The number of anilines is 3. The van der Waals surface area contributed by atoms with Gasteiger partial charge in [0, 0.05) is 68.2 Å². The van der Waals surface area contributed by atoms with Crippen molar-refractivity contribution in [2.24, 2.45) is 39.7 Å². The molecule has 18 rings (SSSR count). The van der Waals surface area contributed by atoms with E-state index in [-0.39, 0.29) is 101 Å². The minimum atomic E-state index is -1.47. The molecule has 6 fully saturated rings. The fourth-order valence-electron chi connectivity index (χ4n) is 18.9. The lowest BCUT2D eigenvalue weighted by molar-refractivity contribution is -0.152.